The van der Waals surface area contributed by atoms with E-state index in [9.17, 15) is 9.90 Å². The smallest absolute Gasteiger partial charge is 0.323 e. The van der Waals surface area contributed by atoms with E-state index >= 15 is 0 Å². The number of hydrogen-bond donors (Lipinski definition) is 1. The van der Waals surface area contributed by atoms with Gasteiger partial charge in [-0.15, -0.1) is 0 Å². The number of ether oxygens (including phenoxy) is 1. The summed E-state index contributed by atoms with van der Waals surface area (Å²) in [5.74, 6) is -0.216. The summed E-state index contributed by atoms with van der Waals surface area (Å²) in [4.78, 5) is 16.1. The summed E-state index contributed by atoms with van der Waals surface area (Å²) in [5.41, 5.74) is 0. The lowest BCUT2D eigenvalue weighted by Crippen LogP contribution is -2.39. The molecular weight excluding hydrogens is 232 g/mol. The van der Waals surface area contributed by atoms with Gasteiger partial charge in [0.2, 0.25) is 0 Å². The maximum atomic E-state index is 11.6. The SMILES string of the molecule is COC(=O)[C@@H]1C[C@H](O)CN1CC[C@H]1CCCN1C. The molecule has 0 aromatic carbocycles. The Morgan fingerprint density at radius 2 is 2.28 bits per heavy atom. The van der Waals surface area contributed by atoms with Gasteiger partial charge in [0.25, 0.3) is 0 Å². The minimum absolute atomic E-state index is 0.216. The molecule has 0 aromatic heterocycles. The maximum absolute atomic E-state index is 11.6. The molecule has 18 heavy (non-hydrogen) atoms. The first-order chi connectivity index (χ1) is 8.61. The van der Waals surface area contributed by atoms with Gasteiger partial charge in [-0.25, -0.2) is 0 Å². The van der Waals surface area contributed by atoms with Crippen LogP contribution in [0.3, 0.4) is 0 Å². The number of carbonyl (C=O) groups excluding carboxylic acids is 1. The van der Waals surface area contributed by atoms with Crippen LogP contribution in [0.15, 0.2) is 0 Å². The average molecular weight is 256 g/mol. The molecular formula is C13H24N2O3. The highest BCUT2D eigenvalue weighted by atomic mass is 16.5. The average Bonchev–Trinajstić information content (AvgIpc) is 2.92. The van der Waals surface area contributed by atoms with Gasteiger partial charge in [0.05, 0.1) is 13.2 Å². The molecule has 0 unspecified atom stereocenters. The van der Waals surface area contributed by atoms with Gasteiger partial charge in [-0.05, 0) is 32.9 Å². The first-order valence-corrected chi connectivity index (χ1v) is 6.82. The van der Waals surface area contributed by atoms with Crippen LogP contribution < -0.4 is 0 Å². The Bertz CT molecular complexity index is 298. The van der Waals surface area contributed by atoms with Gasteiger partial charge in [0.15, 0.2) is 0 Å². The van der Waals surface area contributed by atoms with Crippen LogP contribution in [-0.4, -0.2) is 72.9 Å². The summed E-state index contributed by atoms with van der Waals surface area (Å²) >= 11 is 0. The monoisotopic (exact) mass is 256 g/mol. The van der Waals surface area contributed by atoms with Crippen molar-refractivity contribution < 1.29 is 14.6 Å². The fourth-order valence-corrected chi connectivity index (χ4v) is 3.17. The van der Waals surface area contributed by atoms with Crippen molar-refractivity contribution in [1.29, 1.82) is 0 Å². The molecule has 2 rings (SSSR count). The van der Waals surface area contributed by atoms with Crippen LogP contribution in [-0.2, 0) is 9.53 Å². The molecule has 2 heterocycles. The highest BCUT2D eigenvalue weighted by molar-refractivity contribution is 5.76. The number of likely N-dealkylation sites (tertiary alicyclic amines) is 2. The van der Waals surface area contributed by atoms with Crippen LogP contribution in [0.2, 0.25) is 0 Å². The molecule has 0 aromatic rings. The normalized spacial score (nSPS) is 34.1. The van der Waals surface area contributed by atoms with E-state index in [0.29, 0.717) is 19.0 Å². The van der Waals surface area contributed by atoms with E-state index in [1.807, 2.05) is 0 Å². The molecule has 2 aliphatic heterocycles. The summed E-state index contributed by atoms with van der Waals surface area (Å²) in [7, 11) is 3.57. The second-order valence-electron chi connectivity index (χ2n) is 5.49. The topological polar surface area (TPSA) is 53.0 Å². The second-order valence-corrected chi connectivity index (χ2v) is 5.49. The van der Waals surface area contributed by atoms with E-state index in [4.69, 9.17) is 4.74 Å². The Kier molecular flexibility index (Phi) is 4.59. The number of nitrogens with zero attached hydrogens (tertiary/aromatic N) is 2. The van der Waals surface area contributed by atoms with Crippen molar-refractivity contribution in [2.24, 2.45) is 0 Å². The lowest BCUT2D eigenvalue weighted by atomic mass is 10.1. The Morgan fingerprint density at radius 1 is 1.50 bits per heavy atom. The predicted molar refractivity (Wildman–Crippen MR) is 68.3 cm³/mol. The number of methoxy groups -OCH3 is 1. The number of β-amino-alcohol motifs (C(OH)–C–C–N with tert-alkyl or cyclic N) is 1. The summed E-state index contributed by atoms with van der Waals surface area (Å²) in [6.45, 7) is 2.63. The van der Waals surface area contributed by atoms with E-state index in [1.165, 1.54) is 26.5 Å². The van der Waals surface area contributed by atoms with Crippen molar-refractivity contribution in [1.82, 2.24) is 9.80 Å². The number of hydrogen-bond acceptors (Lipinski definition) is 5. The summed E-state index contributed by atoms with van der Waals surface area (Å²) in [5, 5.41) is 9.70. The quantitative estimate of drug-likeness (QED) is 0.722. The highest BCUT2D eigenvalue weighted by Gasteiger charge is 2.37. The van der Waals surface area contributed by atoms with E-state index in [0.717, 1.165) is 13.0 Å². The molecule has 0 bridgehead atoms. The fraction of sp³-hybridized carbons (Fsp3) is 0.923. The fourth-order valence-electron chi connectivity index (χ4n) is 3.17. The molecule has 104 valence electrons. The molecule has 2 saturated heterocycles. The zero-order valence-corrected chi connectivity index (χ0v) is 11.3. The van der Waals surface area contributed by atoms with Gasteiger partial charge in [-0.3, -0.25) is 9.69 Å². The molecule has 5 heteroatoms. The number of carbonyl (C=O) groups is 1. The van der Waals surface area contributed by atoms with Crippen molar-refractivity contribution in [3.8, 4) is 0 Å². The zero-order valence-electron chi connectivity index (χ0n) is 11.3. The third-order valence-corrected chi connectivity index (χ3v) is 4.28. The van der Waals surface area contributed by atoms with E-state index in [2.05, 4.69) is 16.8 Å². The molecule has 5 nitrogen and oxygen atoms in total. The third kappa shape index (κ3) is 3.02. The Labute approximate surface area is 109 Å². The number of aliphatic hydroxyl groups excluding tert-OH is 1. The predicted octanol–water partition coefficient (Wildman–Crippen LogP) is 0.0789. The van der Waals surface area contributed by atoms with E-state index in [-0.39, 0.29) is 12.0 Å². The standard InChI is InChI=1S/C13H24N2O3/c1-14-6-3-4-10(14)5-7-15-9-11(16)8-12(15)13(17)18-2/h10-12,16H,3-9H2,1-2H3/t10-,11+,12+/m1/s1. The van der Waals surface area contributed by atoms with Crippen LogP contribution in [0, 0.1) is 0 Å². The Morgan fingerprint density at radius 3 is 2.89 bits per heavy atom. The van der Waals surface area contributed by atoms with Crippen LogP contribution >= 0.6 is 0 Å². The van der Waals surface area contributed by atoms with E-state index in [1.54, 1.807) is 0 Å². The molecule has 2 fully saturated rings. The summed E-state index contributed by atoms with van der Waals surface area (Å²) < 4.78 is 4.80. The van der Waals surface area contributed by atoms with Gasteiger partial charge >= 0.3 is 5.97 Å². The minimum Gasteiger partial charge on any atom is -0.468 e. The molecule has 3 atom stereocenters. The summed E-state index contributed by atoms with van der Waals surface area (Å²) in [6, 6.07) is 0.373. The van der Waals surface area contributed by atoms with Crippen molar-refractivity contribution in [3.05, 3.63) is 0 Å². The molecule has 0 aliphatic carbocycles. The third-order valence-electron chi connectivity index (χ3n) is 4.28. The van der Waals surface area contributed by atoms with Gasteiger partial charge in [0.1, 0.15) is 6.04 Å². The Hall–Kier alpha value is -0.650. The highest BCUT2D eigenvalue weighted by Crippen LogP contribution is 2.23. The van der Waals surface area contributed by atoms with Crippen molar-refractivity contribution in [3.63, 3.8) is 0 Å². The van der Waals surface area contributed by atoms with E-state index < -0.39 is 6.10 Å². The van der Waals surface area contributed by atoms with Crippen LogP contribution in [0.1, 0.15) is 25.7 Å². The number of rotatable bonds is 4. The van der Waals surface area contributed by atoms with Crippen molar-refractivity contribution in [2.45, 2.75) is 43.9 Å². The number of aliphatic hydroxyl groups is 1. The Balaban J connectivity index is 1.85. The lowest BCUT2D eigenvalue weighted by molar-refractivity contribution is -0.145. The summed E-state index contributed by atoms with van der Waals surface area (Å²) in [6.07, 6.45) is 3.69. The second kappa shape index (κ2) is 5.99. The van der Waals surface area contributed by atoms with Gasteiger partial charge in [-0.1, -0.05) is 0 Å². The number of esters is 1. The zero-order chi connectivity index (χ0) is 13.1. The minimum atomic E-state index is -0.393. The lowest BCUT2D eigenvalue weighted by Gasteiger charge is -2.26. The molecule has 0 saturated carbocycles. The van der Waals surface area contributed by atoms with Crippen molar-refractivity contribution in [2.75, 3.05) is 33.8 Å². The molecule has 0 radical (unpaired) electrons. The van der Waals surface area contributed by atoms with Gasteiger partial charge in [-0.2, -0.15) is 0 Å². The van der Waals surface area contributed by atoms with Gasteiger partial charge in [0, 0.05) is 25.6 Å². The first kappa shape index (κ1) is 13.8. The molecule has 2 aliphatic rings. The first-order valence-electron chi connectivity index (χ1n) is 6.82. The van der Waals surface area contributed by atoms with Crippen LogP contribution in [0.5, 0.6) is 0 Å². The molecule has 0 amide bonds. The van der Waals surface area contributed by atoms with Gasteiger partial charge < -0.3 is 14.7 Å². The molecule has 1 N–H and O–H groups in total. The molecule has 0 spiro atoms. The van der Waals surface area contributed by atoms with Crippen molar-refractivity contribution >= 4 is 5.97 Å². The maximum Gasteiger partial charge on any atom is 0.323 e. The van der Waals surface area contributed by atoms with Crippen LogP contribution in [0.4, 0.5) is 0 Å². The van der Waals surface area contributed by atoms with Crippen LogP contribution in [0.25, 0.3) is 0 Å². The largest absolute Gasteiger partial charge is 0.468 e.